The van der Waals surface area contributed by atoms with E-state index in [-0.39, 0.29) is 6.04 Å². The lowest BCUT2D eigenvalue weighted by molar-refractivity contribution is 0.789. The zero-order valence-corrected chi connectivity index (χ0v) is 8.99. The van der Waals surface area contributed by atoms with Crippen LogP contribution in [0.2, 0.25) is 0 Å². The Morgan fingerprint density at radius 2 is 2.07 bits per heavy atom. The van der Waals surface area contributed by atoms with E-state index in [1.54, 1.807) is 6.20 Å². The molecular formula is C12H15N3. The Morgan fingerprint density at radius 1 is 1.33 bits per heavy atom. The number of aryl methyl sites for hydroxylation is 1. The van der Waals surface area contributed by atoms with Gasteiger partial charge in [0.15, 0.2) is 0 Å². The molecule has 15 heavy (non-hydrogen) atoms. The third kappa shape index (κ3) is 1.92. The number of rotatable bonds is 2. The second kappa shape index (κ2) is 3.87. The molecule has 0 spiro atoms. The third-order valence-electron chi connectivity index (χ3n) is 2.49. The highest BCUT2D eigenvalue weighted by Crippen LogP contribution is 2.20. The van der Waals surface area contributed by atoms with Crippen molar-refractivity contribution in [3.05, 3.63) is 41.7 Å². The van der Waals surface area contributed by atoms with Gasteiger partial charge >= 0.3 is 0 Å². The molecule has 0 aliphatic rings. The molecule has 1 heterocycles. The van der Waals surface area contributed by atoms with Gasteiger partial charge in [-0.2, -0.15) is 0 Å². The second-order valence-corrected chi connectivity index (χ2v) is 3.79. The molecule has 0 aliphatic heterocycles. The Hall–Kier alpha value is -1.61. The van der Waals surface area contributed by atoms with Crippen molar-refractivity contribution in [2.75, 3.05) is 0 Å². The van der Waals surface area contributed by atoms with Crippen LogP contribution in [0.4, 0.5) is 0 Å². The number of H-pyrrole nitrogens is 1. The summed E-state index contributed by atoms with van der Waals surface area (Å²) in [5.74, 6) is 0.889. The fourth-order valence-electron chi connectivity index (χ4n) is 1.54. The van der Waals surface area contributed by atoms with Crippen LogP contribution >= 0.6 is 0 Å². The Balaban J connectivity index is 2.42. The van der Waals surface area contributed by atoms with Gasteiger partial charge in [0.2, 0.25) is 0 Å². The van der Waals surface area contributed by atoms with E-state index in [4.69, 9.17) is 5.73 Å². The van der Waals surface area contributed by atoms with Gasteiger partial charge in [-0.1, -0.05) is 24.3 Å². The van der Waals surface area contributed by atoms with Crippen molar-refractivity contribution in [3.63, 3.8) is 0 Å². The van der Waals surface area contributed by atoms with Crippen LogP contribution in [0.3, 0.4) is 0 Å². The van der Waals surface area contributed by atoms with Crippen LogP contribution < -0.4 is 5.73 Å². The molecule has 0 saturated heterocycles. The van der Waals surface area contributed by atoms with Gasteiger partial charge in [0, 0.05) is 11.6 Å². The molecule has 2 aromatic rings. The molecule has 3 N–H and O–H groups in total. The minimum atomic E-state index is -0.00438. The summed E-state index contributed by atoms with van der Waals surface area (Å²) < 4.78 is 0. The molecule has 0 radical (unpaired) electrons. The first-order valence-electron chi connectivity index (χ1n) is 5.05. The van der Waals surface area contributed by atoms with Crippen molar-refractivity contribution in [2.24, 2.45) is 5.73 Å². The molecule has 1 aromatic heterocycles. The molecular weight excluding hydrogens is 186 g/mol. The van der Waals surface area contributed by atoms with Crippen LogP contribution in [0.5, 0.6) is 0 Å². The first-order valence-corrected chi connectivity index (χ1v) is 5.05. The van der Waals surface area contributed by atoms with E-state index >= 15 is 0 Å². The van der Waals surface area contributed by atoms with Crippen molar-refractivity contribution >= 4 is 0 Å². The molecule has 1 atom stereocenters. The Kier molecular flexibility index (Phi) is 2.56. The van der Waals surface area contributed by atoms with Crippen LogP contribution in [0.15, 0.2) is 30.5 Å². The topological polar surface area (TPSA) is 54.7 Å². The lowest BCUT2D eigenvalue weighted by Gasteiger charge is -2.02. The molecule has 0 aliphatic carbocycles. The van der Waals surface area contributed by atoms with Crippen molar-refractivity contribution < 1.29 is 0 Å². The van der Waals surface area contributed by atoms with Crippen molar-refractivity contribution in [1.82, 2.24) is 9.97 Å². The lowest BCUT2D eigenvalue weighted by Crippen LogP contribution is -2.04. The largest absolute Gasteiger partial charge is 0.341 e. The number of benzene rings is 1. The van der Waals surface area contributed by atoms with Gasteiger partial charge in [-0.3, -0.25) is 0 Å². The highest BCUT2D eigenvalue weighted by Gasteiger charge is 2.07. The molecule has 0 saturated carbocycles. The van der Waals surface area contributed by atoms with Crippen LogP contribution in [0.1, 0.15) is 24.2 Å². The minimum Gasteiger partial charge on any atom is -0.341 e. The summed E-state index contributed by atoms with van der Waals surface area (Å²) in [6, 6.07) is 8.16. The van der Waals surface area contributed by atoms with E-state index in [1.807, 2.05) is 19.1 Å². The standard InChI is InChI=1S/C12H15N3/c1-8-5-3-4-6-10(8)12-14-7-11(15-12)9(2)13/h3-7,9H,13H2,1-2H3,(H,14,15). The summed E-state index contributed by atoms with van der Waals surface area (Å²) >= 11 is 0. The molecule has 1 unspecified atom stereocenters. The first kappa shape index (κ1) is 9.93. The summed E-state index contributed by atoms with van der Waals surface area (Å²) in [4.78, 5) is 7.57. The number of aromatic amines is 1. The minimum absolute atomic E-state index is 0.00438. The van der Waals surface area contributed by atoms with E-state index in [0.29, 0.717) is 0 Å². The maximum Gasteiger partial charge on any atom is 0.137 e. The fraction of sp³-hybridized carbons (Fsp3) is 0.250. The van der Waals surface area contributed by atoms with Crippen LogP contribution in [-0.4, -0.2) is 9.97 Å². The van der Waals surface area contributed by atoms with Crippen LogP contribution in [-0.2, 0) is 0 Å². The average Bonchev–Trinajstić information content (AvgIpc) is 2.67. The molecule has 3 heteroatoms. The lowest BCUT2D eigenvalue weighted by atomic mass is 10.1. The van der Waals surface area contributed by atoms with Crippen molar-refractivity contribution in [1.29, 1.82) is 0 Å². The normalized spacial score (nSPS) is 12.7. The smallest absolute Gasteiger partial charge is 0.137 e. The maximum atomic E-state index is 5.77. The first-order chi connectivity index (χ1) is 7.18. The van der Waals surface area contributed by atoms with E-state index in [2.05, 4.69) is 29.0 Å². The maximum absolute atomic E-state index is 5.77. The number of nitrogens with zero attached hydrogens (tertiary/aromatic N) is 1. The number of nitrogens with one attached hydrogen (secondary N) is 1. The monoisotopic (exact) mass is 201 g/mol. The third-order valence-corrected chi connectivity index (χ3v) is 2.49. The molecule has 2 rings (SSSR count). The van der Waals surface area contributed by atoms with E-state index < -0.39 is 0 Å². The molecule has 0 amide bonds. The quantitative estimate of drug-likeness (QED) is 0.784. The van der Waals surface area contributed by atoms with Gasteiger partial charge in [0.1, 0.15) is 5.82 Å². The number of aromatic nitrogens is 2. The summed E-state index contributed by atoms with van der Waals surface area (Å²) in [6.45, 7) is 4.01. The molecule has 3 nitrogen and oxygen atoms in total. The highest BCUT2D eigenvalue weighted by molar-refractivity contribution is 5.59. The van der Waals surface area contributed by atoms with Crippen molar-refractivity contribution in [2.45, 2.75) is 19.9 Å². The van der Waals surface area contributed by atoms with Gasteiger partial charge in [-0.15, -0.1) is 0 Å². The summed E-state index contributed by atoms with van der Waals surface area (Å²) in [5, 5.41) is 0. The van der Waals surface area contributed by atoms with Gasteiger partial charge in [-0.25, -0.2) is 4.98 Å². The number of nitrogens with two attached hydrogens (primary N) is 1. The van der Waals surface area contributed by atoms with Gasteiger partial charge in [0.25, 0.3) is 0 Å². The van der Waals surface area contributed by atoms with Crippen LogP contribution in [0, 0.1) is 6.92 Å². The predicted molar refractivity (Wildman–Crippen MR) is 61.4 cm³/mol. The van der Waals surface area contributed by atoms with Gasteiger partial charge in [-0.05, 0) is 19.4 Å². The Bertz CT molecular complexity index is 457. The number of hydrogen-bond acceptors (Lipinski definition) is 2. The van der Waals surface area contributed by atoms with E-state index in [0.717, 1.165) is 17.1 Å². The van der Waals surface area contributed by atoms with Gasteiger partial charge in [0.05, 0.1) is 11.9 Å². The predicted octanol–water partition coefficient (Wildman–Crippen LogP) is 2.40. The summed E-state index contributed by atoms with van der Waals surface area (Å²) in [5.41, 5.74) is 9.08. The Morgan fingerprint density at radius 3 is 2.67 bits per heavy atom. The molecule has 78 valence electrons. The van der Waals surface area contributed by atoms with Gasteiger partial charge < -0.3 is 10.7 Å². The zero-order valence-electron chi connectivity index (χ0n) is 8.99. The summed E-state index contributed by atoms with van der Waals surface area (Å²) in [7, 11) is 0. The summed E-state index contributed by atoms with van der Waals surface area (Å²) in [6.07, 6.45) is 1.80. The molecule has 0 fully saturated rings. The molecule has 1 aromatic carbocycles. The number of imidazole rings is 1. The van der Waals surface area contributed by atoms with E-state index in [1.165, 1.54) is 5.56 Å². The van der Waals surface area contributed by atoms with Crippen LogP contribution in [0.25, 0.3) is 11.4 Å². The van der Waals surface area contributed by atoms with Crippen molar-refractivity contribution in [3.8, 4) is 11.4 Å². The fourth-order valence-corrected chi connectivity index (χ4v) is 1.54. The SMILES string of the molecule is Cc1ccccc1-c1ncc(C(C)N)[nH]1. The average molecular weight is 201 g/mol. The zero-order chi connectivity index (χ0) is 10.8. The highest BCUT2D eigenvalue weighted by atomic mass is 14.9. The molecule has 0 bridgehead atoms. The number of hydrogen-bond donors (Lipinski definition) is 2. The second-order valence-electron chi connectivity index (χ2n) is 3.79. The Labute approximate surface area is 89.4 Å². The van der Waals surface area contributed by atoms with E-state index in [9.17, 15) is 0 Å².